The highest BCUT2D eigenvalue weighted by Crippen LogP contribution is 2.72. The van der Waals surface area contributed by atoms with E-state index in [-0.39, 0.29) is 22.8 Å². The van der Waals surface area contributed by atoms with E-state index >= 15 is 0 Å². The van der Waals surface area contributed by atoms with E-state index in [1.54, 1.807) is 4.90 Å². The predicted molar refractivity (Wildman–Crippen MR) is 65.1 cm³/mol. The number of hydrogen-bond donors (Lipinski definition) is 1. The van der Waals surface area contributed by atoms with E-state index in [2.05, 4.69) is 0 Å². The predicted octanol–water partition coefficient (Wildman–Crippen LogP) is 1.96. The Kier molecular flexibility index (Phi) is 2.49. The maximum absolute atomic E-state index is 11.9. The highest BCUT2D eigenvalue weighted by atomic mass is 16.6. The van der Waals surface area contributed by atoms with Gasteiger partial charge in [0.25, 0.3) is 0 Å². The molecule has 0 bridgehead atoms. The summed E-state index contributed by atoms with van der Waals surface area (Å²) < 4.78 is 5.32. The first-order chi connectivity index (χ1) is 8.01. The number of carbonyl (C=O) groups is 2. The number of carboxylic acids is 1. The average Bonchev–Trinajstić information content (AvgIpc) is 2.44. The number of ether oxygens (including phenoxy) is 1. The molecule has 2 rings (SSSR count). The molecule has 0 aromatic heterocycles. The lowest BCUT2D eigenvalue weighted by atomic mass is 10.0. The van der Waals surface area contributed by atoms with E-state index in [1.807, 2.05) is 34.6 Å². The van der Waals surface area contributed by atoms with E-state index in [4.69, 9.17) is 9.84 Å². The largest absolute Gasteiger partial charge is 0.481 e. The van der Waals surface area contributed by atoms with E-state index in [0.29, 0.717) is 13.1 Å². The molecule has 2 aliphatic rings. The molecule has 1 unspecified atom stereocenters. The highest BCUT2D eigenvalue weighted by Gasteiger charge is 2.78. The van der Waals surface area contributed by atoms with Gasteiger partial charge in [0.1, 0.15) is 5.60 Å². The smallest absolute Gasteiger partial charge is 0.410 e. The van der Waals surface area contributed by atoms with Crippen LogP contribution in [0, 0.1) is 16.7 Å². The molecule has 0 spiro atoms. The van der Waals surface area contributed by atoms with Crippen LogP contribution in [-0.2, 0) is 9.53 Å². The summed E-state index contributed by atoms with van der Waals surface area (Å²) in [5, 5.41) is 9.17. The first-order valence-electron chi connectivity index (χ1n) is 6.22. The van der Waals surface area contributed by atoms with Crippen molar-refractivity contribution < 1.29 is 19.4 Å². The molecule has 0 aromatic rings. The summed E-state index contributed by atoms with van der Waals surface area (Å²) >= 11 is 0. The van der Waals surface area contributed by atoms with Gasteiger partial charge in [-0.2, -0.15) is 0 Å². The SMILES string of the molecule is CC(C)(C)OC(=O)N1C[C@@]2(C)C(C(=O)O)[C@@]2(C)C1. The summed E-state index contributed by atoms with van der Waals surface area (Å²) in [6, 6.07) is 0. The lowest BCUT2D eigenvalue weighted by Crippen LogP contribution is -2.39. The Balaban J connectivity index is 2.05. The molecule has 5 heteroatoms. The van der Waals surface area contributed by atoms with Crippen molar-refractivity contribution in [2.45, 2.75) is 40.2 Å². The van der Waals surface area contributed by atoms with Crippen molar-refractivity contribution in [2.75, 3.05) is 13.1 Å². The van der Waals surface area contributed by atoms with Crippen molar-refractivity contribution in [1.29, 1.82) is 0 Å². The standard InChI is InChI=1S/C13H21NO4/c1-11(2,3)18-10(17)14-6-12(4)8(9(15)16)13(12,5)7-14/h8H,6-7H2,1-5H3,(H,15,16)/t8?,12-,13+. The summed E-state index contributed by atoms with van der Waals surface area (Å²) in [4.78, 5) is 24.7. The van der Waals surface area contributed by atoms with Crippen molar-refractivity contribution >= 4 is 12.1 Å². The molecule has 3 atom stereocenters. The molecule has 0 aromatic carbocycles. The summed E-state index contributed by atoms with van der Waals surface area (Å²) in [6.07, 6.45) is -0.346. The normalized spacial score (nSPS) is 38.3. The van der Waals surface area contributed by atoms with Crippen LogP contribution in [0.3, 0.4) is 0 Å². The molecule has 1 heterocycles. The molecule has 102 valence electrons. The maximum atomic E-state index is 11.9. The molecular weight excluding hydrogens is 234 g/mol. The number of piperidine rings is 1. The Labute approximate surface area is 107 Å². The van der Waals surface area contributed by atoms with Crippen LogP contribution >= 0.6 is 0 Å². The van der Waals surface area contributed by atoms with Crippen molar-refractivity contribution in [3.63, 3.8) is 0 Å². The van der Waals surface area contributed by atoms with E-state index in [1.165, 1.54) is 0 Å². The third-order valence-electron chi connectivity index (χ3n) is 4.43. The molecule has 1 aliphatic heterocycles. The fraction of sp³-hybridized carbons (Fsp3) is 0.846. The Morgan fingerprint density at radius 1 is 1.22 bits per heavy atom. The van der Waals surface area contributed by atoms with Gasteiger partial charge in [-0.05, 0) is 20.8 Å². The van der Waals surface area contributed by atoms with Gasteiger partial charge in [0, 0.05) is 23.9 Å². The van der Waals surface area contributed by atoms with Crippen LogP contribution < -0.4 is 0 Å². The van der Waals surface area contributed by atoms with Gasteiger partial charge in [0.2, 0.25) is 0 Å². The Hall–Kier alpha value is -1.26. The lowest BCUT2D eigenvalue weighted by Gasteiger charge is -2.27. The topological polar surface area (TPSA) is 66.8 Å². The van der Waals surface area contributed by atoms with Crippen LogP contribution in [0.1, 0.15) is 34.6 Å². The summed E-state index contributed by atoms with van der Waals surface area (Å²) in [5.41, 5.74) is -1.14. The van der Waals surface area contributed by atoms with Crippen LogP contribution in [0.4, 0.5) is 4.79 Å². The lowest BCUT2D eigenvalue weighted by molar-refractivity contribution is -0.140. The highest BCUT2D eigenvalue weighted by molar-refractivity contribution is 5.79. The summed E-state index contributed by atoms with van der Waals surface area (Å²) in [7, 11) is 0. The summed E-state index contributed by atoms with van der Waals surface area (Å²) in [5.74, 6) is -1.10. The van der Waals surface area contributed by atoms with Gasteiger partial charge in [-0.3, -0.25) is 4.79 Å². The number of nitrogens with zero attached hydrogens (tertiary/aromatic N) is 1. The van der Waals surface area contributed by atoms with Gasteiger partial charge < -0.3 is 14.7 Å². The van der Waals surface area contributed by atoms with Gasteiger partial charge >= 0.3 is 12.1 Å². The van der Waals surface area contributed by atoms with Crippen LogP contribution in [0.2, 0.25) is 0 Å². The van der Waals surface area contributed by atoms with E-state index < -0.39 is 11.6 Å². The monoisotopic (exact) mass is 255 g/mol. The van der Waals surface area contributed by atoms with Crippen LogP contribution in [0.25, 0.3) is 0 Å². The van der Waals surface area contributed by atoms with E-state index in [0.717, 1.165) is 0 Å². The Morgan fingerprint density at radius 2 is 1.67 bits per heavy atom. The molecule has 1 saturated heterocycles. The summed E-state index contributed by atoms with van der Waals surface area (Å²) in [6.45, 7) is 10.3. The Morgan fingerprint density at radius 3 is 2.00 bits per heavy atom. The molecule has 1 N–H and O–H groups in total. The fourth-order valence-corrected chi connectivity index (χ4v) is 3.35. The van der Waals surface area contributed by atoms with Crippen LogP contribution in [0.5, 0.6) is 0 Å². The zero-order valence-electron chi connectivity index (χ0n) is 11.6. The number of rotatable bonds is 1. The zero-order valence-corrected chi connectivity index (χ0v) is 11.6. The third kappa shape index (κ3) is 1.68. The second kappa shape index (κ2) is 3.39. The number of likely N-dealkylation sites (tertiary alicyclic amines) is 1. The second-order valence-corrected chi connectivity index (χ2v) is 6.94. The van der Waals surface area contributed by atoms with Crippen LogP contribution in [0.15, 0.2) is 0 Å². The molecule has 1 amide bonds. The van der Waals surface area contributed by atoms with Crippen molar-refractivity contribution in [3.8, 4) is 0 Å². The molecule has 1 saturated carbocycles. The maximum Gasteiger partial charge on any atom is 0.410 e. The number of fused-ring (bicyclic) bond motifs is 1. The minimum Gasteiger partial charge on any atom is -0.481 e. The minimum atomic E-state index is -0.760. The first-order valence-corrected chi connectivity index (χ1v) is 6.22. The van der Waals surface area contributed by atoms with Crippen molar-refractivity contribution in [1.82, 2.24) is 4.90 Å². The fourth-order valence-electron chi connectivity index (χ4n) is 3.35. The molecule has 1 aliphatic carbocycles. The molecule has 2 fully saturated rings. The van der Waals surface area contributed by atoms with Crippen molar-refractivity contribution in [3.05, 3.63) is 0 Å². The number of carboxylic acid groups (broad SMARTS) is 1. The third-order valence-corrected chi connectivity index (χ3v) is 4.43. The van der Waals surface area contributed by atoms with Gasteiger partial charge in [0.05, 0.1) is 5.92 Å². The van der Waals surface area contributed by atoms with Gasteiger partial charge in [-0.1, -0.05) is 13.8 Å². The van der Waals surface area contributed by atoms with Gasteiger partial charge in [-0.25, -0.2) is 4.79 Å². The number of aliphatic carboxylic acids is 1. The second-order valence-electron chi connectivity index (χ2n) is 6.94. The first kappa shape index (κ1) is 13.2. The average molecular weight is 255 g/mol. The molecular formula is C13H21NO4. The molecule has 0 radical (unpaired) electrons. The van der Waals surface area contributed by atoms with Crippen molar-refractivity contribution in [2.24, 2.45) is 16.7 Å². The molecule has 18 heavy (non-hydrogen) atoms. The minimum absolute atomic E-state index is 0.310. The number of hydrogen-bond acceptors (Lipinski definition) is 3. The van der Waals surface area contributed by atoms with Crippen LogP contribution in [-0.4, -0.2) is 40.8 Å². The quantitative estimate of drug-likeness (QED) is 0.777. The van der Waals surface area contributed by atoms with Gasteiger partial charge in [0.15, 0.2) is 0 Å². The molecule has 5 nitrogen and oxygen atoms in total. The number of amides is 1. The zero-order chi connectivity index (χ0) is 13.9. The van der Waals surface area contributed by atoms with Gasteiger partial charge in [-0.15, -0.1) is 0 Å². The number of carbonyl (C=O) groups excluding carboxylic acids is 1. The Bertz CT molecular complexity index is 396. The van der Waals surface area contributed by atoms with E-state index in [9.17, 15) is 9.59 Å².